The number of nitrogens with one attached hydrogen (secondary N) is 1. The van der Waals surface area contributed by atoms with Crippen molar-refractivity contribution in [3.05, 3.63) is 34.9 Å². The monoisotopic (exact) mass is 295 g/mol. The molecule has 1 atom stereocenters. The van der Waals surface area contributed by atoms with Crippen molar-refractivity contribution >= 4 is 11.6 Å². The molecule has 1 unspecified atom stereocenters. The Kier molecular flexibility index (Phi) is 7.05. The van der Waals surface area contributed by atoms with Gasteiger partial charge in [0, 0.05) is 10.6 Å². The van der Waals surface area contributed by atoms with Crippen LogP contribution in [0.4, 0.5) is 0 Å². The molecule has 0 aromatic heterocycles. The zero-order chi connectivity index (χ0) is 15.2. The van der Waals surface area contributed by atoms with E-state index in [1.165, 1.54) is 18.4 Å². The summed E-state index contributed by atoms with van der Waals surface area (Å²) in [5.74, 6) is 1.47. The SMILES string of the molecule is CC(C)CCC(CNC(C)(C)C)Cc1ccc(Cl)cc1. The van der Waals surface area contributed by atoms with E-state index < -0.39 is 0 Å². The maximum atomic E-state index is 5.96. The fourth-order valence-electron chi connectivity index (χ4n) is 2.25. The molecular formula is C18H30ClN. The number of benzene rings is 1. The van der Waals surface area contributed by atoms with Gasteiger partial charge in [-0.05, 0) is 69.7 Å². The van der Waals surface area contributed by atoms with Gasteiger partial charge in [0.05, 0.1) is 0 Å². The molecule has 0 aliphatic rings. The molecule has 0 saturated carbocycles. The van der Waals surface area contributed by atoms with Crippen LogP contribution in [-0.2, 0) is 6.42 Å². The summed E-state index contributed by atoms with van der Waals surface area (Å²) in [7, 11) is 0. The molecule has 2 heteroatoms. The second-order valence-corrected chi connectivity index (χ2v) is 7.74. The summed E-state index contributed by atoms with van der Waals surface area (Å²) in [6.45, 7) is 12.4. The highest BCUT2D eigenvalue weighted by Gasteiger charge is 2.15. The number of rotatable bonds is 7. The highest BCUT2D eigenvalue weighted by molar-refractivity contribution is 6.30. The van der Waals surface area contributed by atoms with Crippen LogP contribution in [0.5, 0.6) is 0 Å². The lowest BCUT2D eigenvalue weighted by atomic mass is 9.91. The summed E-state index contributed by atoms with van der Waals surface area (Å²) in [5, 5.41) is 4.47. The Hall–Kier alpha value is -0.530. The fraction of sp³-hybridized carbons (Fsp3) is 0.667. The van der Waals surface area contributed by atoms with Gasteiger partial charge in [-0.2, -0.15) is 0 Å². The zero-order valence-corrected chi connectivity index (χ0v) is 14.4. The molecule has 0 saturated heterocycles. The van der Waals surface area contributed by atoms with Crippen LogP contribution in [0.3, 0.4) is 0 Å². The third kappa shape index (κ3) is 7.91. The maximum Gasteiger partial charge on any atom is 0.0406 e. The molecule has 0 aliphatic carbocycles. The molecule has 114 valence electrons. The molecule has 0 spiro atoms. The summed E-state index contributed by atoms with van der Waals surface area (Å²) in [5.41, 5.74) is 1.58. The van der Waals surface area contributed by atoms with Crippen molar-refractivity contribution in [1.82, 2.24) is 5.32 Å². The van der Waals surface area contributed by atoms with Crippen LogP contribution in [0, 0.1) is 11.8 Å². The average molecular weight is 296 g/mol. The lowest BCUT2D eigenvalue weighted by Crippen LogP contribution is -2.39. The standard InChI is InChI=1S/C18H30ClN/c1-14(2)6-7-16(13-20-18(3,4)5)12-15-8-10-17(19)11-9-15/h8-11,14,16,20H,6-7,12-13H2,1-5H3. The van der Waals surface area contributed by atoms with Gasteiger partial charge in [-0.25, -0.2) is 0 Å². The first kappa shape index (κ1) is 17.5. The fourth-order valence-corrected chi connectivity index (χ4v) is 2.38. The average Bonchev–Trinajstić information content (AvgIpc) is 2.34. The Labute approximate surface area is 130 Å². The number of hydrogen-bond acceptors (Lipinski definition) is 1. The Morgan fingerprint density at radius 1 is 1.05 bits per heavy atom. The normalized spacial score (nSPS) is 13.8. The molecule has 1 nitrogen and oxygen atoms in total. The molecule has 1 aromatic carbocycles. The number of halogens is 1. The topological polar surface area (TPSA) is 12.0 Å². The van der Waals surface area contributed by atoms with Crippen molar-refractivity contribution in [1.29, 1.82) is 0 Å². The van der Waals surface area contributed by atoms with Crippen LogP contribution >= 0.6 is 11.6 Å². The van der Waals surface area contributed by atoms with Crippen LogP contribution in [0.1, 0.15) is 53.0 Å². The highest BCUT2D eigenvalue weighted by Crippen LogP contribution is 2.19. The predicted octanol–water partition coefficient (Wildman–Crippen LogP) is 5.32. The Bertz CT molecular complexity index is 375. The molecule has 20 heavy (non-hydrogen) atoms. The Balaban J connectivity index is 2.58. The van der Waals surface area contributed by atoms with Crippen LogP contribution in [0.2, 0.25) is 5.02 Å². The molecule has 0 bridgehead atoms. The quantitative estimate of drug-likeness (QED) is 0.717. The third-order valence-corrected chi connectivity index (χ3v) is 3.76. The first-order chi connectivity index (χ1) is 9.26. The van der Waals surface area contributed by atoms with Crippen molar-refractivity contribution in [3.63, 3.8) is 0 Å². The third-order valence-electron chi connectivity index (χ3n) is 3.51. The summed E-state index contributed by atoms with van der Waals surface area (Å²) < 4.78 is 0. The molecule has 0 heterocycles. The molecule has 1 aromatic rings. The van der Waals surface area contributed by atoms with Gasteiger partial charge in [-0.15, -0.1) is 0 Å². The van der Waals surface area contributed by atoms with E-state index in [-0.39, 0.29) is 5.54 Å². The first-order valence-corrected chi connectivity index (χ1v) is 8.13. The van der Waals surface area contributed by atoms with Gasteiger partial charge >= 0.3 is 0 Å². The van der Waals surface area contributed by atoms with Crippen molar-refractivity contribution in [3.8, 4) is 0 Å². The van der Waals surface area contributed by atoms with E-state index in [0.29, 0.717) is 5.92 Å². The van der Waals surface area contributed by atoms with E-state index in [1.54, 1.807) is 0 Å². The summed E-state index contributed by atoms with van der Waals surface area (Å²) >= 11 is 5.96. The van der Waals surface area contributed by atoms with Crippen LogP contribution < -0.4 is 5.32 Å². The molecule has 1 rings (SSSR count). The molecule has 0 fully saturated rings. The number of hydrogen-bond donors (Lipinski definition) is 1. The Morgan fingerprint density at radius 2 is 1.65 bits per heavy atom. The summed E-state index contributed by atoms with van der Waals surface area (Å²) in [6.07, 6.45) is 3.71. The smallest absolute Gasteiger partial charge is 0.0406 e. The zero-order valence-electron chi connectivity index (χ0n) is 13.7. The summed E-state index contributed by atoms with van der Waals surface area (Å²) in [4.78, 5) is 0. The maximum absolute atomic E-state index is 5.96. The first-order valence-electron chi connectivity index (χ1n) is 7.76. The van der Waals surface area contributed by atoms with Gasteiger partial charge < -0.3 is 5.32 Å². The van der Waals surface area contributed by atoms with E-state index in [1.807, 2.05) is 12.1 Å². The van der Waals surface area contributed by atoms with Gasteiger partial charge in [-0.1, -0.05) is 44.0 Å². The predicted molar refractivity (Wildman–Crippen MR) is 90.5 cm³/mol. The van der Waals surface area contributed by atoms with Crippen molar-refractivity contribution in [2.45, 2.75) is 59.4 Å². The van der Waals surface area contributed by atoms with E-state index in [0.717, 1.165) is 23.9 Å². The van der Waals surface area contributed by atoms with E-state index in [2.05, 4.69) is 52.1 Å². The minimum Gasteiger partial charge on any atom is -0.312 e. The van der Waals surface area contributed by atoms with E-state index in [4.69, 9.17) is 11.6 Å². The van der Waals surface area contributed by atoms with Crippen LogP contribution in [-0.4, -0.2) is 12.1 Å². The van der Waals surface area contributed by atoms with E-state index in [9.17, 15) is 0 Å². The minimum atomic E-state index is 0.191. The van der Waals surface area contributed by atoms with E-state index >= 15 is 0 Å². The second-order valence-electron chi connectivity index (χ2n) is 7.30. The van der Waals surface area contributed by atoms with Crippen molar-refractivity contribution in [2.75, 3.05) is 6.54 Å². The van der Waals surface area contributed by atoms with Crippen molar-refractivity contribution in [2.24, 2.45) is 11.8 Å². The molecule has 0 aliphatic heterocycles. The van der Waals surface area contributed by atoms with Gasteiger partial charge in [-0.3, -0.25) is 0 Å². The lowest BCUT2D eigenvalue weighted by molar-refractivity contribution is 0.340. The van der Waals surface area contributed by atoms with Gasteiger partial charge in [0.25, 0.3) is 0 Å². The van der Waals surface area contributed by atoms with Crippen LogP contribution in [0.15, 0.2) is 24.3 Å². The van der Waals surface area contributed by atoms with Crippen LogP contribution in [0.25, 0.3) is 0 Å². The highest BCUT2D eigenvalue weighted by atomic mass is 35.5. The molecule has 0 amide bonds. The summed E-state index contributed by atoms with van der Waals surface area (Å²) in [6, 6.07) is 8.30. The lowest BCUT2D eigenvalue weighted by Gasteiger charge is -2.26. The molecule has 1 N–H and O–H groups in total. The largest absolute Gasteiger partial charge is 0.312 e. The minimum absolute atomic E-state index is 0.191. The second kappa shape index (κ2) is 8.05. The molecular weight excluding hydrogens is 266 g/mol. The van der Waals surface area contributed by atoms with Gasteiger partial charge in [0.1, 0.15) is 0 Å². The van der Waals surface area contributed by atoms with Crippen molar-refractivity contribution < 1.29 is 0 Å². The van der Waals surface area contributed by atoms with Gasteiger partial charge in [0.15, 0.2) is 0 Å². The molecule has 0 radical (unpaired) electrons. The Morgan fingerprint density at radius 3 is 2.15 bits per heavy atom. The van der Waals surface area contributed by atoms with Gasteiger partial charge in [0.2, 0.25) is 0 Å².